The number of halogens is 1. The van der Waals surface area contributed by atoms with Crippen LogP contribution in [0.1, 0.15) is 34.1 Å². The van der Waals surface area contributed by atoms with Crippen molar-refractivity contribution in [1.29, 1.82) is 0 Å². The average Bonchev–Trinajstić information content (AvgIpc) is 2.35. The van der Waals surface area contributed by atoms with Gasteiger partial charge in [-0.2, -0.15) is 6.08 Å². The summed E-state index contributed by atoms with van der Waals surface area (Å²) in [6.45, 7) is 7.33. The molecule has 2 nitrogen and oxygen atoms in total. The van der Waals surface area contributed by atoms with E-state index in [0.717, 1.165) is 6.42 Å². The minimum atomic E-state index is 0. The van der Waals surface area contributed by atoms with Crippen LogP contribution in [0, 0.1) is 6.08 Å². The van der Waals surface area contributed by atoms with E-state index in [1.165, 1.54) is 0 Å². The Bertz CT molecular complexity index is 124. The van der Waals surface area contributed by atoms with E-state index < -0.39 is 0 Å². The van der Waals surface area contributed by atoms with Crippen LogP contribution in [0.3, 0.4) is 0 Å². The molecule has 15 heavy (non-hydrogen) atoms. The predicted octanol–water partition coefficient (Wildman–Crippen LogP) is 4.62. The molecule has 2 N–H and O–H groups in total. The van der Waals surface area contributed by atoms with Crippen molar-refractivity contribution in [1.82, 2.24) is 0 Å². The van der Waals surface area contributed by atoms with Crippen LogP contribution >= 0.6 is 12.4 Å². The molecule has 0 aromatic heterocycles. The topological polar surface area (TPSA) is 47.6 Å². The van der Waals surface area contributed by atoms with Crippen LogP contribution in [0.5, 0.6) is 0 Å². The van der Waals surface area contributed by atoms with Crippen molar-refractivity contribution >= 4 is 12.4 Å². The van der Waals surface area contributed by atoms with Gasteiger partial charge in [-0.15, -0.1) is 30.9 Å². The molecule has 1 aliphatic carbocycles. The maximum Gasteiger partial charge on any atom is 0 e. The molecule has 0 aromatic rings. The molecule has 1 aliphatic rings. The molecule has 0 saturated carbocycles. The Balaban J connectivity index is -0.0000000575. The fraction of sp³-hybridized carbons (Fsp3) is 0.636. The molecule has 0 spiro atoms. The normalized spacial score (nSPS) is 10.7. The van der Waals surface area contributed by atoms with Crippen LogP contribution in [-0.4, -0.2) is 12.1 Å². The Morgan fingerprint density at radius 1 is 1.07 bits per heavy atom. The first-order chi connectivity index (χ1) is 5.96. The van der Waals surface area contributed by atoms with Crippen molar-refractivity contribution in [3.05, 3.63) is 35.8 Å². The third-order valence-corrected chi connectivity index (χ3v) is 0.586. The Morgan fingerprint density at radius 3 is 1.47 bits per heavy atom. The first-order valence-corrected chi connectivity index (χ1v) is 4.60. The summed E-state index contributed by atoms with van der Waals surface area (Å²) >= 11 is 0. The van der Waals surface area contributed by atoms with E-state index in [0.29, 0.717) is 0 Å². The van der Waals surface area contributed by atoms with Gasteiger partial charge in [0.1, 0.15) is 0 Å². The van der Waals surface area contributed by atoms with Crippen LogP contribution in [-0.2, 0) is 18.6 Å². The second-order valence-electron chi connectivity index (χ2n) is 3.31. The van der Waals surface area contributed by atoms with E-state index >= 15 is 0 Å². The zero-order chi connectivity index (χ0) is 10.7. The molecule has 0 aromatic carbocycles. The Kier molecular flexibility index (Phi) is 32.3. The van der Waals surface area contributed by atoms with E-state index in [1.54, 1.807) is 0 Å². The summed E-state index contributed by atoms with van der Waals surface area (Å²) in [5.74, 6) is 0. The summed E-state index contributed by atoms with van der Waals surface area (Å²) in [6.07, 6.45) is 10.0. The van der Waals surface area contributed by atoms with Crippen LogP contribution in [0.15, 0.2) is 18.2 Å². The summed E-state index contributed by atoms with van der Waals surface area (Å²) in [5.41, 5.74) is 13.2. The molecule has 1 rings (SSSR count). The van der Waals surface area contributed by atoms with Crippen molar-refractivity contribution in [3.8, 4) is 0 Å². The maximum atomic E-state index is 6.58. The average molecular weight is 269 g/mol. The molecule has 0 unspecified atom stereocenters. The molecule has 0 amide bonds. The molecule has 0 atom stereocenters. The third-order valence-electron chi connectivity index (χ3n) is 0.586. The Labute approximate surface area is 113 Å². The first-order valence-electron chi connectivity index (χ1n) is 4.60. The van der Waals surface area contributed by atoms with Gasteiger partial charge in [0.2, 0.25) is 0 Å². The number of allylic oxidation sites excluding steroid dienone is 4. The zero-order valence-electron chi connectivity index (χ0n) is 9.95. The molecule has 91 valence electrons. The SMILES string of the molecule is CC(C)[NH-].CC(C)[NH-].Cl.[C-]1=CC=CC1.[V]. The van der Waals surface area contributed by atoms with Gasteiger partial charge in [0.15, 0.2) is 0 Å². The van der Waals surface area contributed by atoms with E-state index in [-0.39, 0.29) is 43.0 Å². The minimum Gasteiger partial charge on any atom is -0.675 e. The minimum absolute atomic E-state index is 0. The summed E-state index contributed by atoms with van der Waals surface area (Å²) in [4.78, 5) is 0. The van der Waals surface area contributed by atoms with Crippen molar-refractivity contribution < 1.29 is 18.6 Å². The molecule has 1 radical (unpaired) electrons. The number of nitrogens with one attached hydrogen (secondary N) is 2. The number of rotatable bonds is 0. The van der Waals surface area contributed by atoms with E-state index in [1.807, 2.05) is 39.8 Å². The molecule has 0 fully saturated rings. The van der Waals surface area contributed by atoms with Gasteiger partial charge in [-0.25, -0.2) is 12.2 Å². The van der Waals surface area contributed by atoms with Crippen molar-refractivity contribution in [2.24, 2.45) is 0 Å². The molecule has 0 heterocycles. The molecular weight excluding hydrogens is 247 g/mol. The van der Waals surface area contributed by atoms with Crippen LogP contribution in [0.4, 0.5) is 0 Å². The fourth-order valence-corrected chi connectivity index (χ4v) is 0.340. The van der Waals surface area contributed by atoms with Gasteiger partial charge < -0.3 is 11.5 Å². The molecule has 0 saturated heterocycles. The molecule has 4 heteroatoms. The van der Waals surface area contributed by atoms with E-state index in [9.17, 15) is 0 Å². The van der Waals surface area contributed by atoms with Crippen molar-refractivity contribution in [2.45, 2.75) is 46.2 Å². The summed E-state index contributed by atoms with van der Waals surface area (Å²) in [5, 5.41) is 0. The van der Waals surface area contributed by atoms with Gasteiger partial charge in [-0.05, 0) is 0 Å². The zero-order valence-corrected chi connectivity index (χ0v) is 12.2. The van der Waals surface area contributed by atoms with Gasteiger partial charge in [-0.3, -0.25) is 6.08 Å². The predicted molar refractivity (Wildman–Crippen MR) is 67.7 cm³/mol. The third kappa shape index (κ3) is 77.3. The smallest absolute Gasteiger partial charge is 0 e. The largest absolute Gasteiger partial charge is 0.675 e. The molecular formula is C11H22ClN2V-3. The van der Waals surface area contributed by atoms with Gasteiger partial charge >= 0.3 is 0 Å². The van der Waals surface area contributed by atoms with E-state index in [4.69, 9.17) is 11.5 Å². The fourth-order valence-electron chi connectivity index (χ4n) is 0.340. The second-order valence-corrected chi connectivity index (χ2v) is 3.31. The van der Waals surface area contributed by atoms with Crippen LogP contribution < -0.4 is 0 Å². The molecule has 0 bridgehead atoms. The second kappa shape index (κ2) is 19.8. The van der Waals surface area contributed by atoms with Gasteiger partial charge in [0.25, 0.3) is 0 Å². The Morgan fingerprint density at radius 2 is 1.40 bits per heavy atom. The quantitative estimate of drug-likeness (QED) is 0.576. The van der Waals surface area contributed by atoms with E-state index in [2.05, 4.69) is 12.2 Å². The van der Waals surface area contributed by atoms with Crippen LogP contribution in [0.25, 0.3) is 11.5 Å². The standard InChI is InChI=1S/C5H5.2C3H8N.ClH.V/c1-2-4-5-3-1;2*1-3(2)4;;/h1-3H,4H2;2*3-4H,1-2H3;1H;/q3*-1;;. The summed E-state index contributed by atoms with van der Waals surface area (Å²) in [7, 11) is 0. The van der Waals surface area contributed by atoms with Crippen molar-refractivity contribution in [2.75, 3.05) is 0 Å². The van der Waals surface area contributed by atoms with Gasteiger partial charge in [0.05, 0.1) is 0 Å². The Hall–Kier alpha value is 0.274. The van der Waals surface area contributed by atoms with Gasteiger partial charge in [-0.1, -0.05) is 27.7 Å². The molecule has 0 aliphatic heterocycles. The van der Waals surface area contributed by atoms with Crippen molar-refractivity contribution in [3.63, 3.8) is 0 Å². The monoisotopic (exact) mass is 268 g/mol. The summed E-state index contributed by atoms with van der Waals surface area (Å²) < 4.78 is 0. The number of hydrogen-bond acceptors (Lipinski definition) is 0. The maximum absolute atomic E-state index is 6.58. The van der Waals surface area contributed by atoms with Gasteiger partial charge in [0, 0.05) is 18.6 Å². The van der Waals surface area contributed by atoms with Crippen LogP contribution in [0.2, 0.25) is 0 Å². The number of hydrogen-bond donors (Lipinski definition) is 0. The summed E-state index contributed by atoms with van der Waals surface area (Å²) in [6, 6.07) is 0.167. The first kappa shape index (κ1) is 24.5.